The van der Waals surface area contributed by atoms with Gasteiger partial charge in [-0.15, -0.1) is 0 Å². The third-order valence-electron chi connectivity index (χ3n) is 4.17. The zero-order valence-corrected chi connectivity index (χ0v) is 15.8. The zero-order valence-electron chi connectivity index (χ0n) is 15.8. The van der Waals surface area contributed by atoms with Crippen molar-refractivity contribution in [1.29, 1.82) is 0 Å². The molecular formula is C21H22N4O2. The number of para-hydroxylation sites is 2. The summed E-state index contributed by atoms with van der Waals surface area (Å²) in [6.45, 7) is 5.93. The molecule has 0 fully saturated rings. The fourth-order valence-corrected chi connectivity index (χ4v) is 2.85. The average Bonchev–Trinajstić information content (AvgIpc) is 2.64. The summed E-state index contributed by atoms with van der Waals surface area (Å²) in [6.07, 6.45) is 0. The minimum Gasteiger partial charge on any atom is -0.465 e. The predicted octanol–water partition coefficient (Wildman–Crippen LogP) is 4.68. The molecule has 0 aliphatic carbocycles. The van der Waals surface area contributed by atoms with Crippen LogP contribution in [-0.2, 0) is 4.74 Å². The van der Waals surface area contributed by atoms with E-state index in [1.165, 1.54) is 7.11 Å². The van der Waals surface area contributed by atoms with Crippen LogP contribution in [0.15, 0.2) is 48.5 Å². The van der Waals surface area contributed by atoms with E-state index in [0.717, 1.165) is 16.8 Å². The Morgan fingerprint density at radius 2 is 1.52 bits per heavy atom. The van der Waals surface area contributed by atoms with Crippen molar-refractivity contribution < 1.29 is 9.53 Å². The Hall–Kier alpha value is -3.41. The van der Waals surface area contributed by atoms with E-state index in [4.69, 9.17) is 4.74 Å². The van der Waals surface area contributed by atoms with Crippen molar-refractivity contribution in [1.82, 2.24) is 9.97 Å². The van der Waals surface area contributed by atoms with Crippen LogP contribution in [0.4, 0.5) is 23.0 Å². The van der Waals surface area contributed by atoms with Crippen LogP contribution >= 0.6 is 0 Å². The van der Waals surface area contributed by atoms with Gasteiger partial charge in [0.1, 0.15) is 17.5 Å². The molecule has 138 valence electrons. The molecule has 0 unspecified atom stereocenters. The Bertz CT molecular complexity index is 965. The molecule has 0 saturated heterocycles. The Balaban J connectivity index is 1.92. The van der Waals surface area contributed by atoms with Gasteiger partial charge < -0.3 is 15.4 Å². The highest BCUT2D eigenvalue weighted by Crippen LogP contribution is 2.26. The first kappa shape index (κ1) is 18.4. The summed E-state index contributed by atoms with van der Waals surface area (Å²) in [4.78, 5) is 20.9. The highest BCUT2D eigenvalue weighted by molar-refractivity contribution is 5.96. The van der Waals surface area contributed by atoms with Crippen molar-refractivity contribution in [2.45, 2.75) is 20.8 Å². The minimum atomic E-state index is -0.405. The molecule has 0 amide bonds. The van der Waals surface area contributed by atoms with Crippen LogP contribution in [-0.4, -0.2) is 23.0 Å². The summed E-state index contributed by atoms with van der Waals surface area (Å²) in [5, 5.41) is 6.57. The number of methoxy groups -OCH3 is 1. The highest BCUT2D eigenvalue weighted by atomic mass is 16.5. The molecule has 2 N–H and O–H groups in total. The van der Waals surface area contributed by atoms with Gasteiger partial charge in [-0.1, -0.05) is 30.3 Å². The van der Waals surface area contributed by atoms with Crippen LogP contribution in [0.2, 0.25) is 0 Å². The van der Waals surface area contributed by atoms with E-state index in [-0.39, 0.29) is 0 Å². The van der Waals surface area contributed by atoms with Gasteiger partial charge in [-0.2, -0.15) is 0 Å². The molecule has 0 saturated carbocycles. The van der Waals surface area contributed by atoms with E-state index >= 15 is 0 Å². The van der Waals surface area contributed by atoms with E-state index < -0.39 is 5.97 Å². The van der Waals surface area contributed by atoms with Crippen LogP contribution in [0.3, 0.4) is 0 Å². The molecule has 1 heterocycles. The Labute approximate surface area is 158 Å². The lowest BCUT2D eigenvalue weighted by atomic mass is 10.1. The summed E-state index contributed by atoms with van der Waals surface area (Å²) in [5.74, 6) is 1.48. The van der Waals surface area contributed by atoms with E-state index in [1.807, 2.05) is 31.2 Å². The Kier molecular flexibility index (Phi) is 5.35. The quantitative estimate of drug-likeness (QED) is 0.642. The number of carbonyl (C=O) groups is 1. The number of nitrogens with one attached hydrogen (secondary N) is 2. The van der Waals surface area contributed by atoms with E-state index in [0.29, 0.717) is 28.7 Å². The van der Waals surface area contributed by atoms with Crippen molar-refractivity contribution in [2.75, 3.05) is 17.7 Å². The molecule has 3 rings (SSSR count). The fraction of sp³-hybridized carbons (Fsp3) is 0.190. The van der Waals surface area contributed by atoms with Crippen molar-refractivity contribution in [2.24, 2.45) is 0 Å². The van der Waals surface area contributed by atoms with E-state index in [2.05, 4.69) is 46.6 Å². The first-order chi connectivity index (χ1) is 13.0. The normalized spacial score (nSPS) is 10.4. The number of benzene rings is 2. The number of nitrogens with zero attached hydrogens (tertiary/aromatic N) is 2. The molecule has 0 radical (unpaired) electrons. The first-order valence-corrected chi connectivity index (χ1v) is 8.61. The second-order valence-corrected chi connectivity index (χ2v) is 6.24. The van der Waals surface area contributed by atoms with Crippen LogP contribution in [0.1, 0.15) is 27.3 Å². The molecule has 0 spiro atoms. The molecule has 0 aliphatic rings. The highest BCUT2D eigenvalue weighted by Gasteiger charge is 2.12. The maximum Gasteiger partial charge on any atom is 0.339 e. The monoisotopic (exact) mass is 362 g/mol. The van der Waals surface area contributed by atoms with Crippen LogP contribution in [0, 0.1) is 20.8 Å². The van der Waals surface area contributed by atoms with E-state index in [1.54, 1.807) is 12.1 Å². The van der Waals surface area contributed by atoms with Gasteiger partial charge in [0.2, 0.25) is 0 Å². The molecule has 0 atom stereocenters. The van der Waals surface area contributed by atoms with Crippen molar-refractivity contribution in [3.63, 3.8) is 0 Å². The molecule has 1 aromatic heterocycles. The number of aryl methyl sites for hydroxylation is 3. The number of esters is 1. The molecule has 6 heteroatoms. The summed E-state index contributed by atoms with van der Waals surface area (Å²) >= 11 is 0. The number of hydrogen-bond acceptors (Lipinski definition) is 6. The lowest BCUT2D eigenvalue weighted by Crippen LogP contribution is -2.07. The van der Waals surface area contributed by atoms with Crippen LogP contribution in [0.5, 0.6) is 0 Å². The zero-order chi connectivity index (χ0) is 19.4. The van der Waals surface area contributed by atoms with Gasteiger partial charge in [-0.05, 0) is 44.0 Å². The molecule has 27 heavy (non-hydrogen) atoms. The number of rotatable bonds is 5. The number of carbonyl (C=O) groups excluding carboxylic acids is 1. The van der Waals surface area contributed by atoms with Crippen LogP contribution < -0.4 is 10.6 Å². The van der Waals surface area contributed by atoms with Crippen molar-refractivity contribution >= 4 is 29.0 Å². The number of ether oxygens (including phenoxy) is 1. The van der Waals surface area contributed by atoms with Gasteiger partial charge in [0, 0.05) is 11.8 Å². The largest absolute Gasteiger partial charge is 0.465 e. The number of hydrogen-bond donors (Lipinski definition) is 2. The van der Waals surface area contributed by atoms with Gasteiger partial charge in [0.25, 0.3) is 0 Å². The maximum absolute atomic E-state index is 12.0. The minimum absolute atomic E-state index is 0.405. The van der Waals surface area contributed by atoms with Gasteiger partial charge >= 0.3 is 5.97 Å². The number of aromatic nitrogens is 2. The molecule has 0 bridgehead atoms. The smallest absolute Gasteiger partial charge is 0.339 e. The van der Waals surface area contributed by atoms with Crippen molar-refractivity contribution in [3.8, 4) is 0 Å². The van der Waals surface area contributed by atoms with Gasteiger partial charge in [0.05, 0.1) is 18.4 Å². The standard InChI is InChI=1S/C21H22N4O2/c1-13-8-7-9-14(2)20(13)25-19-12-18(22-15(3)23-19)24-17-11-6-5-10-16(17)21(26)27-4/h5-12H,1-4H3,(H2,22,23,24,25). The van der Waals surface area contributed by atoms with Gasteiger partial charge in [0.15, 0.2) is 0 Å². The summed E-state index contributed by atoms with van der Waals surface area (Å²) in [6, 6.07) is 15.1. The third kappa shape index (κ3) is 4.23. The second kappa shape index (κ2) is 7.86. The van der Waals surface area contributed by atoms with Crippen LogP contribution in [0.25, 0.3) is 0 Å². The maximum atomic E-state index is 12.0. The predicted molar refractivity (Wildman–Crippen MR) is 107 cm³/mol. The first-order valence-electron chi connectivity index (χ1n) is 8.61. The average molecular weight is 362 g/mol. The third-order valence-corrected chi connectivity index (χ3v) is 4.17. The number of anilines is 4. The SMILES string of the molecule is COC(=O)c1ccccc1Nc1cc(Nc2c(C)cccc2C)nc(C)n1. The Morgan fingerprint density at radius 1 is 0.889 bits per heavy atom. The van der Waals surface area contributed by atoms with Gasteiger partial charge in [-0.25, -0.2) is 14.8 Å². The molecular weight excluding hydrogens is 340 g/mol. The molecule has 2 aromatic carbocycles. The summed E-state index contributed by atoms with van der Waals surface area (Å²) in [5.41, 5.74) is 4.37. The second-order valence-electron chi connectivity index (χ2n) is 6.24. The van der Waals surface area contributed by atoms with Crippen molar-refractivity contribution in [3.05, 3.63) is 71.0 Å². The summed E-state index contributed by atoms with van der Waals surface area (Å²) in [7, 11) is 1.36. The lowest BCUT2D eigenvalue weighted by Gasteiger charge is -2.14. The van der Waals surface area contributed by atoms with Gasteiger partial charge in [-0.3, -0.25) is 0 Å². The lowest BCUT2D eigenvalue weighted by molar-refractivity contribution is 0.0602. The fourth-order valence-electron chi connectivity index (χ4n) is 2.85. The van der Waals surface area contributed by atoms with E-state index in [9.17, 15) is 4.79 Å². The topological polar surface area (TPSA) is 76.1 Å². The Morgan fingerprint density at radius 3 is 2.19 bits per heavy atom. The molecule has 6 nitrogen and oxygen atoms in total. The molecule has 0 aliphatic heterocycles. The molecule has 3 aromatic rings. The summed E-state index contributed by atoms with van der Waals surface area (Å²) < 4.78 is 4.84.